The summed E-state index contributed by atoms with van der Waals surface area (Å²) in [6.45, 7) is 8.75. The van der Waals surface area contributed by atoms with Gasteiger partial charge < -0.3 is 24.3 Å². The molecule has 1 aromatic heterocycles. The lowest BCUT2D eigenvalue weighted by Gasteiger charge is -2.63. The van der Waals surface area contributed by atoms with E-state index in [9.17, 15) is 10.2 Å². The van der Waals surface area contributed by atoms with Crippen molar-refractivity contribution in [2.75, 3.05) is 26.2 Å². The second kappa shape index (κ2) is 8.19. The zero-order valence-corrected chi connectivity index (χ0v) is 21.1. The van der Waals surface area contributed by atoms with Crippen molar-refractivity contribution in [3.63, 3.8) is 0 Å². The lowest BCUT2D eigenvalue weighted by Crippen LogP contribution is -2.64. The van der Waals surface area contributed by atoms with Crippen LogP contribution >= 0.6 is 0 Å². The van der Waals surface area contributed by atoms with E-state index in [2.05, 4.69) is 30.9 Å². The Balaban J connectivity index is 1.32. The van der Waals surface area contributed by atoms with Crippen molar-refractivity contribution >= 4 is 0 Å². The summed E-state index contributed by atoms with van der Waals surface area (Å²) < 4.78 is 12.5. The fourth-order valence-corrected chi connectivity index (χ4v) is 9.31. The van der Waals surface area contributed by atoms with Crippen LogP contribution in [0.4, 0.5) is 0 Å². The molecule has 3 saturated carbocycles. The Kier molecular flexibility index (Phi) is 5.61. The van der Waals surface area contributed by atoms with Crippen LogP contribution < -0.4 is 0 Å². The van der Waals surface area contributed by atoms with E-state index in [1.165, 1.54) is 31.5 Å². The minimum absolute atomic E-state index is 0.108. The van der Waals surface area contributed by atoms with Crippen molar-refractivity contribution in [1.29, 1.82) is 0 Å². The lowest BCUT2D eigenvalue weighted by atomic mass is 9.44. The van der Waals surface area contributed by atoms with Gasteiger partial charge >= 0.3 is 0 Å². The number of ether oxygens (including phenoxy) is 1. The molecule has 0 radical (unpaired) electrons. The van der Waals surface area contributed by atoms with Crippen molar-refractivity contribution in [1.82, 2.24) is 4.90 Å². The van der Waals surface area contributed by atoms with Crippen LogP contribution in [-0.2, 0) is 10.3 Å². The van der Waals surface area contributed by atoms with Gasteiger partial charge in [-0.1, -0.05) is 25.5 Å². The Morgan fingerprint density at radius 3 is 2.65 bits per heavy atom. The van der Waals surface area contributed by atoms with Gasteiger partial charge in [0, 0.05) is 17.5 Å². The van der Waals surface area contributed by atoms with Gasteiger partial charge in [0.2, 0.25) is 0 Å². The number of fused-ring (bicyclic) bond motifs is 5. The van der Waals surface area contributed by atoms with E-state index in [-0.39, 0.29) is 22.9 Å². The van der Waals surface area contributed by atoms with E-state index in [1.54, 1.807) is 6.26 Å². The number of rotatable bonds is 5. The maximum absolute atomic E-state index is 12.7. The maximum Gasteiger partial charge on any atom is 0.104 e. The summed E-state index contributed by atoms with van der Waals surface area (Å²) in [6.07, 6.45) is 15.7. The Morgan fingerprint density at radius 1 is 1.06 bits per heavy atom. The number of nitrogens with zero attached hydrogens (tertiary/aromatic N) is 1. The summed E-state index contributed by atoms with van der Waals surface area (Å²) in [4.78, 5) is 2.51. The highest BCUT2D eigenvalue weighted by Crippen LogP contribution is 2.72. The molecule has 0 amide bonds. The van der Waals surface area contributed by atoms with Crippen LogP contribution in [0.1, 0.15) is 83.6 Å². The molecule has 1 saturated heterocycles. The second-order valence-corrected chi connectivity index (χ2v) is 12.5. The first kappa shape index (κ1) is 23.3. The van der Waals surface area contributed by atoms with E-state index in [0.29, 0.717) is 12.5 Å². The molecule has 0 spiro atoms. The van der Waals surface area contributed by atoms with E-state index in [0.717, 1.165) is 63.5 Å². The van der Waals surface area contributed by atoms with E-state index in [1.807, 2.05) is 6.26 Å². The van der Waals surface area contributed by atoms with Gasteiger partial charge in [-0.25, -0.2) is 0 Å². The van der Waals surface area contributed by atoms with Crippen molar-refractivity contribution in [3.8, 4) is 0 Å². The maximum atomic E-state index is 12.7. The molecule has 1 aliphatic heterocycles. The Labute approximate surface area is 204 Å². The molecule has 5 aliphatic rings. The van der Waals surface area contributed by atoms with Crippen LogP contribution in [0.2, 0.25) is 0 Å². The molecule has 4 fully saturated rings. The molecule has 1 aromatic rings. The highest BCUT2D eigenvalue weighted by molar-refractivity contribution is 5.33. The van der Waals surface area contributed by atoms with Crippen LogP contribution in [-0.4, -0.2) is 53.1 Å². The molecular formula is C29H43NO4. The predicted molar refractivity (Wildman–Crippen MR) is 131 cm³/mol. The zero-order valence-electron chi connectivity index (χ0n) is 21.1. The fraction of sp³-hybridized carbons (Fsp3) is 0.793. The first-order valence-corrected chi connectivity index (χ1v) is 13.8. The van der Waals surface area contributed by atoms with Crippen molar-refractivity contribution in [2.24, 2.45) is 22.7 Å². The van der Waals surface area contributed by atoms with Gasteiger partial charge in [0.15, 0.2) is 0 Å². The number of aliphatic hydroxyl groups excluding tert-OH is 1. The SMILES string of the molecule is C[C@]12CCC(O)C=C1CC[C@@H]1[C@H]2CC[C@]2(C)C(OCCN3CCCC3)(c3ccoc3)CC[C@@]12O. The Bertz CT molecular complexity index is 923. The molecule has 0 bridgehead atoms. The first-order chi connectivity index (χ1) is 16.3. The minimum Gasteiger partial charge on any atom is -0.472 e. The monoisotopic (exact) mass is 469 g/mol. The predicted octanol–water partition coefficient (Wildman–Crippen LogP) is 5.03. The van der Waals surface area contributed by atoms with Crippen LogP contribution in [0.15, 0.2) is 34.7 Å². The topological polar surface area (TPSA) is 66.1 Å². The highest BCUT2D eigenvalue weighted by Gasteiger charge is 2.72. The van der Waals surface area contributed by atoms with E-state index >= 15 is 0 Å². The smallest absolute Gasteiger partial charge is 0.104 e. The van der Waals surface area contributed by atoms with Gasteiger partial charge in [-0.3, -0.25) is 0 Å². The number of furan rings is 1. The van der Waals surface area contributed by atoms with Crippen LogP contribution in [0, 0.1) is 22.7 Å². The molecule has 0 aromatic carbocycles. The van der Waals surface area contributed by atoms with Crippen molar-refractivity contribution in [3.05, 3.63) is 35.8 Å². The van der Waals surface area contributed by atoms with Gasteiger partial charge in [-0.2, -0.15) is 0 Å². The standard InChI is InChI=1S/C29H43NO4/c1-26-10-7-23(31)19-21(26)5-6-25-24(26)8-11-27(2)28(25,32)12-13-29(27,22-9-17-33-20-22)34-18-16-30-14-3-4-15-30/h9,17,19-20,23-25,31-32H,3-8,10-16,18H2,1-2H3/t23?,24-,25-,26+,27+,28-,29?/m1/s1. The van der Waals surface area contributed by atoms with Gasteiger partial charge in [-0.05, 0) is 101 Å². The largest absolute Gasteiger partial charge is 0.472 e. The third-order valence-corrected chi connectivity index (χ3v) is 11.3. The summed E-state index contributed by atoms with van der Waals surface area (Å²) in [5.41, 5.74) is 1.07. The molecule has 2 unspecified atom stereocenters. The Morgan fingerprint density at radius 2 is 1.88 bits per heavy atom. The van der Waals surface area contributed by atoms with Gasteiger partial charge in [-0.15, -0.1) is 0 Å². The zero-order chi connectivity index (χ0) is 23.6. The molecule has 4 aliphatic carbocycles. The summed E-state index contributed by atoms with van der Waals surface area (Å²) in [7, 11) is 0. The first-order valence-electron chi connectivity index (χ1n) is 13.8. The number of hydrogen-bond donors (Lipinski definition) is 2. The third-order valence-electron chi connectivity index (χ3n) is 11.3. The number of likely N-dealkylation sites (tertiary alicyclic amines) is 1. The molecule has 7 atom stereocenters. The quantitative estimate of drug-likeness (QED) is 0.593. The summed E-state index contributed by atoms with van der Waals surface area (Å²) >= 11 is 0. The summed E-state index contributed by atoms with van der Waals surface area (Å²) in [5, 5.41) is 23.0. The van der Waals surface area contributed by atoms with Gasteiger partial charge in [0.05, 0.1) is 30.8 Å². The average Bonchev–Trinajstić information content (AvgIpc) is 3.57. The molecule has 5 heteroatoms. The molecule has 2 N–H and O–H groups in total. The fourth-order valence-electron chi connectivity index (χ4n) is 9.31. The Hall–Kier alpha value is -1.14. The molecular weight excluding hydrogens is 426 g/mol. The number of aliphatic hydroxyl groups is 2. The molecule has 188 valence electrons. The molecule has 34 heavy (non-hydrogen) atoms. The van der Waals surface area contributed by atoms with E-state index < -0.39 is 11.2 Å². The normalized spacial score (nSPS) is 46.6. The van der Waals surface area contributed by atoms with Crippen LogP contribution in [0.25, 0.3) is 0 Å². The highest BCUT2D eigenvalue weighted by atomic mass is 16.5. The van der Waals surface area contributed by atoms with Gasteiger partial charge in [0.25, 0.3) is 0 Å². The van der Waals surface area contributed by atoms with Crippen molar-refractivity contribution in [2.45, 2.75) is 95.4 Å². The van der Waals surface area contributed by atoms with E-state index in [4.69, 9.17) is 9.15 Å². The number of hydrogen-bond acceptors (Lipinski definition) is 5. The lowest BCUT2D eigenvalue weighted by molar-refractivity contribution is -0.236. The summed E-state index contributed by atoms with van der Waals surface area (Å²) in [6, 6.07) is 2.07. The van der Waals surface area contributed by atoms with Crippen LogP contribution in [0.5, 0.6) is 0 Å². The minimum atomic E-state index is -0.745. The number of allylic oxidation sites excluding steroid dienone is 1. The third kappa shape index (κ3) is 3.12. The van der Waals surface area contributed by atoms with Crippen molar-refractivity contribution < 1.29 is 19.4 Å². The van der Waals surface area contributed by atoms with Gasteiger partial charge in [0.1, 0.15) is 5.60 Å². The average molecular weight is 470 g/mol. The summed E-state index contributed by atoms with van der Waals surface area (Å²) in [5.74, 6) is 0.752. The second-order valence-electron chi connectivity index (χ2n) is 12.5. The van der Waals surface area contributed by atoms with Crippen LogP contribution in [0.3, 0.4) is 0 Å². The molecule has 6 rings (SSSR count). The molecule has 5 nitrogen and oxygen atoms in total. The molecule has 2 heterocycles.